The molecule has 2 rings (SSSR count). The van der Waals surface area contributed by atoms with E-state index in [0.29, 0.717) is 0 Å². The first-order valence-electron chi connectivity index (χ1n) is 4.86. The van der Waals surface area contributed by atoms with E-state index < -0.39 is 0 Å². The van der Waals surface area contributed by atoms with Gasteiger partial charge in [0.25, 0.3) is 0 Å². The van der Waals surface area contributed by atoms with Crippen LogP contribution in [0, 0.1) is 13.8 Å². The average molecular weight is 235 g/mol. The van der Waals surface area contributed by atoms with Gasteiger partial charge in [0, 0.05) is 23.5 Å². The van der Waals surface area contributed by atoms with Gasteiger partial charge >= 0.3 is 0 Å². The van der Waals surface area contributed by atoms with Crippen LogP contribution in [-0.4, -0.2) is 26.4 Å². The number of nitrogens with zero attached hydrogens (tertiary/aromatic N) is 3. The van der Waals surface area contributed by atoms with Gasteiger partial charge in [-0.15, -0.1) is 0 Å². The molecule has 0 amide bonds. The third kappa shape index (κ3) is 2.52. The van der Waals surface area contributed by atoms with E-state index in [4.69, 9.17) is 0 Å². The lowest BCUT2D eigenvalue weighted by molar-refractivity contribution is 0.938. The van der Waals surface area contributed by atoms with Gasteiger partial charge in [-0.2, -0.15) is 5.10 Å². The summed E-state index contributed by atoms with van der Waals surface area (Å²) in [6.45, 7) is 3.90. The van der Waals surface area contributed by atoms with Crippen LogP contribution >= 0.6 is 11.8 Å². The highest BCUT2D eigenvalue weighted by Crippen LogP contribution is 2.17. The minimum Gasteiger partial charge on any atom is -0.323 e. The van der Waals surface area contributed by atoms with E-state index >= 15 is 0 Å². The number of anilines is 2. The highest BCUT2D eigenvalue weighted by atomic mass is 32.2. The maximum absolute atomic E-state index is 4.34. The quantitative estimate of drug-likeness (QED) is 0.631. The van der Waals surface area contributed by atoms with Gasteiger partial charge in [-0.25, -0.2) is 9.97 Å². The first-order chi connectivity index (χ1) is 7.67. The molecule has 2 aromatic heterocycles. The van der Waals surface area contributed by atoms with E-state index in [-0.39, 0.29) is 0 Å². The van der Waals surface area contributed by atoms with Crippen LogP contribution in [0.1, 0.15) is 11.4 Å². The van der Waals surface area contributed by atoms with Crippen LogP contribution in [-0.2, 0) is 0 Å². The Labute approximate surface area is 98.1 Å². The molecule has 0 bridgehead atoms. The molecule has 0 atom stereocenters. The van der Waals surface area contributed by atoms with Crippen LogP contribution in [0.5, 0.6) is 0 Å². The third-order valence-corrected chi connectivity index (χ3v) is 2.53. The van der Waals surface area contributed by atoms with Gasteiger partial charge in [0.15, 0.2) is 11.0 Å². The fourth-order valence-corrected chi connectivity index (χ4v) is 1.73. The molecule has 2 heterocycles. The number of hydrogen-bond donors (Lipinski definition) is 2. The summed E-state index contributed by atoms with van der Waals surface area (Å²) in [4.78, 5) is 8.63. The Morgan fingerprint density at radius 3 is 2.62 bits per heavy atom. The Bertz CT molecular complexity index is 494. The van der Waals surface area contributed by atoms with Crippen molar-refractivity contribution in [1.82, 2.24) is 20.2 Å². The minimum atomic E-state index is 0.759. The lowest BCUT2D eigenvalue weighted by Crippen LogP contribution is -1.98. The summed E-state index contributed by atoms with van der Waals surface area (Å²) in [5.41, 5.74) is 1.95. The molecule has 0 aromatic carbocycles. The number of aromatic nitrogens is 4. The summed E-state index contributed by atoms with van der Waals surface area (Å²) in [6.07, 6.45) is 1.96. The molecule has 0 saturated carbocycles. The monoisotopic (exact) mass is 235 g/mol. The van der Waals surface area contributed by atoms with Crippen molar-refractivity contribution in [3.05, 3.63) is 23.5 Å². The maximum Gasteiger partial charge on any atom is 0.189 e. The number of nitrogens with one attached hydrogen (secondary N) is 2. The number of aryl methyl sites for hydroxylation is 2. The number of rotatable bonds is 3. The molecule has 0 fully saturated rings. The maximum atomic E-state index is 4.34. The predicted molar refractivity (Wildman–Crippen MR) is 65.2 cm³/mol. The SMILES string of the molecule is CSc1nc(C)cc(Nc2cc(C)[nH]n2)n1. The Balaban J connectivity index is 2.24. The van der Waals surface area contributed by atoms with Crippen molar-refractivity contribution in [3.8, 4) is 0 Å². The summed E-state index contributed by atoms with van der Waals surface area (Å²) in [5, 5.41) is 10.9. The standard InChI is InChI=1S/C10H13N5S/c1-6-4-8(13-10(11-6)16-3)12-9-5-7(2)14-15-9/h4-5H,1-3H3,(H2,11,12,13,14,15). The average Bonchev–Trinajstić information content (AvgIpc) is 2.63. The zero-order chi connectivity index (χ0) is 11.5. The van der Waals surface area contributed by atoms with Crippen molar-refractivity contribution in [2.24, 2.45) is 0 Å². The van der Waals surface area contributed by atoms with Crippen molar-refractivity contribution in [2.75, 3.05) is 11.6 Å². The molecule has 0 aliphatic rings. The van der Waals surface area contributed by atoms with Gasteiger partial charge in [-0.1, -0.05) is 11.8 Å². The summed E-state index contributed by atoms with van der Waals surface area (Å²) >= 11 is 1.52. The Morgan fingerprint density at radius 1 is 1.19 bits per heavy atom. The molecule has 16 heavy (non-hydrogen) atoms. The third-order valence-electron chi connectivity index (χ3n) is 1.98. The van der Waals surface area contributed by atoms with Gasteiger partial charge in [0.1, 0.15) is 5.82 Å². The summed E-state index contributed by atoms with van der Waals surface area (Å²) in [5.74, 6) is 1.53. The van der Waals surface area contributed by atoms with E-state index in [1.165, 1.54) is 11.8 Å². The fourth-order valence-electron chi connectivity index (χ4n) is 1.31. The van der Waals surface area contributed by atoms with Gasteiger partial charge in [-0.05, 0) is 20.1 Å². The van der Waals surface area contributed by atoms with Crippen LogP contribution in [0.4, 0.5) is 11.6 Å². The highest BCUT2D eigenvalue weighted by Gasteiger charge is 2.03. The largest absolute Gasteiger partial charge is 0.323 e. The number of hydrogen-bond acceptors (Lipinski definition) is 5. The number of aromatic amines is 1. The molecule has 0 aliphatic heterocycles. The molecule has 0 spiro atoms. The van der Waals surface area contributed by atoms with Gasteiger partial charge in [0.2, 0.25) is 0 Å². The first-order valence-corrected chi connectivity index (χ1v) is 6.08. The second kappa shape index (κ2) is 4.52. The molecule has 2 aromatic rings. The summed E-state index contributed by atoms with van der Waals surface area (Å²) in [6, 6.07) is 3.82. The number of H-pyrrole nitrogens is 1. The Morgan fingerprint density at radius 2 is 2.00 bits per heavy atom. The zero-order valence-corrected chi connectivity index (χ0v) is 10.2. The van der Waals surface area contributed by atoms with Crippen LogP contribution in [0.25, 0.3) is 0 Å². The highest BCUT2D eigenvalue weighted by molar-refractivity contribution is 7.98. The van der Waals surface area contributed by atoms with Crippen LogP contribution in [0.2, 0.25) is 0 Å². The van der Waals surface area contributed by atoms with Crippen molar-refractivity contribution in [1.29, 1.82) is 0 Å². The lowest BCUT2D eigenvalue weighted by Gasteiger charge is -2.04. The fraction of sp³-hybridized carbons (Fsp3) is 0.300. The zero-order valence-electron chi connectivity index (χ0n) is 9.40. The van der Waals surface area contributed by atoms with Crippen LogP contribution < -0.4 is 5.32 Å². The lowest BCUT2D eigenvalue weighted by atomic mass is 10.4. The van der Waals surface area contributed by atoms with Gasteiger partial charge in [0.05, 0.1) is 0 Å². The molecular weight excluding hydrogens is 222 g/mol. The van der Waals surface area contributed by atoms with Crippen molar-refractivity contribution in [2.45, 2.75) is 19.0 Å². The Kier molecular flexibility index (Phi) is 3.09. The summed E-state index contributed by atoms with van der Waals surface area (Å²) < 4.78 is 0. The van der Waals surface area contributed by atoms with E-state index in [9.17, 15) is 0 Å². The molecule has 2 N–H and O–H groups in total. The molecular formula is C10H13N5S. The van der Waals surface area contributed by atoms with E-state index in [1.807, 2.05) is 32.2 Å². The smallest absolute Gasteiger partial charge is 0.189 e. The van der Waals surface area contributed by atoms with Crippen molar-refractivity contribution in [3.63, 3.8) is 0 Å². The second-order valence-electron chi connectivity index (χ2n) is 3.44. The molecule has 0 radical (unpaired) electrons. The van der Waals surface area contributed by atoms with Crippen molar-refractivity contribution < 1.29 is 0 Å². The van der Waals surface area contributed by atoms with Crippen molar-refractivity contribution >= 4 is 23.4 Å². The number of thioether (sulfide) groups is 1. The summed E-state index contributed by atoms with van der Waals surface area (Å²) in [7, 11) is 0. The molecule has 5 nitrogen and oxygen atoms in total. The molecule has 6 heteroatoms. The van der Waals surface area contributed by atoms with E-state index in [1.54, 1.807) is 0 Å². The molecule has 0 unspecified atom stereocenters. The topological polar surface area (TPSA) is 66.5 Å². The van der Waals surface area contributed by atoms with Gasteiger partial charge in [-0.3, -0.25) is 5.10 Å². The minimum absolute atomic E-state index is 0.759. The van der Waals surface area contributed by atoms with E-state index in [0.717, 1.165) is 28.2 Å². The predicted octanol–water partition coefficient (Wildman–Crippen LogP) is 2.28. The van der Waals surface area contributed by atoms with Gasteiger partial charge < -0.3 is 5.32 Å². The molecule has 0 aliphatic carbocycles. The second-order valence-corrected chi connectivity index (χ2v) is 4.22. The normalized spacial score (nSPS) is 10.4. The molecule has 84 valence electrons. The van der Waals surface area contributed by atoms with E-state index in [2.05, 4.69) is 25.5 Å². The van der Waals surface area contributed by atoms with Crippen LogP contribution in [0.15, 0.2) is 17.3 Å². The first kappa shape index (κ1) is 10.9. The Hall–Kier alpha value is -1.56. The van der Waals surface area contributed by atoms with Crippen LogP contribution in [0.3, 0.4) is 0 Å². The molecule has 0 saturated heterocycles.